The Morgan fingerprint density at radius 3 is 2.36 bits per heavy atom. The zero-order chi connectivity index (χ0) is 9.47. The minimum absolute atomic E-state index is 0. The Balaban J connectivity index is 0.000000980. The molecule has 0 radical (unpaired) electrons. The molecular formula is C10H12ClF2N. The van der Waals surface area contributed by atoms with E-state index >= 15 is 0 Å². The van der Waals surface area contributed by atoms with E-state index in [0.29, 0.717) is 5.56 Å². The van der Waals surface area contributed by atoms with Gasteiger partial charge in [0.1, 0.15) is 11.6 Å². The predicted molar refractivity (Wildman–Crippen MR) is 53.3 cm³/mol. The lowest BCUT2D eigenvalue weighted by Crippen LogP contribution is -2.44. The molecule has 0 atom stereocenters. The number of hydrogen-bond acceptors (Lipinski definition) is 1. The summed E-state index contributed by atoms with van der Waals surface area (Å²) in [5.74, 6) is -0.822. The molecule has 0 aliphatic heterocycles. The van der Waals surface area contributed by atoms with Crippen LogP contribution in [0.4, 0.5) is 8.78 Å². The van der Waals surface area contributed by atoms with Crippen molar-refractivity contribution < 1.29 is 8.78 Å². The van der Waals surface area contributed by atoms with E-state index in [1.807, 2.05) is 0 Å². The first-order chi connectivity index (χ1) is 6.12. The maximum Gasteiger partial charge on any atom is 0.128 e. The summed E-state index contributed by atoms with van der Waals surface area (Å²) in [5, 5.41) is 0. The molecule has 0 saturated heterocycles. The zero-order valence-corrected chi connectivity index (χ0v) is 8.41. The van der Waals surface area contributed by atoms with E-state index in [9.17, 15) is 8.78 Å². The topological polar surface area (TPSA) is 26.0 Å². The van der Waals surface area contributed by atoms with Gasteiger partial charge < -0.3 is 5.73 Å². The molecule has 0 bridgehead atoms. The lowest BCUT2D eigenvalue weighted by Gasteiger charge is -2.38. The Kier molecular flexibility index (Phi) is 3.12. The van der Waals surface area contributed by atoms with Crippen LogP contribution in [0.2, 0.25) is 0 Å². The molecule has 1 aliphatic rings. The van der Waals surface area contributed by atoms with E-state index in [2.05, 4.69) is 0 Å². The quantitative estimate of drug-likeness (QED) is 0.772. The van der Waals surface area contributed by atoms with E-state index in [4.69, 9.17) is 5.73 Å². The van der Waals surface area contributed by atoms with E-state index in [-0.39, 0.29) is 12.4 Å². The number of hydrogen-bond donors (Lipinski definition) is 1. The van der Waals surface area contributed by atoms with Crippen molar-refractivity contribution in [2.75, 3.05) is 0 Å². The average molecular weight is 220 g/mol. The van der Waals surface area contributed by atoms with Crippen molar-refractivity contribution in [2.24, 2.45) is 5.73 Å². The fourth-order valence-corrected chi connectivity index (χ4v) is 1.71. The van der Waals surface area contributed by atoms with Gasteiger partial charge in [-0.1, -0.05) is 0 Å². The summed E-state index contributed by atoms with van der Waals surface area (Å²) in [4.78, 5) is 0. The Bertz CT molecular complexity index is 337. The van der Waals surface area contributed by atoms with Crippen LogP contribution < -0.4 is 5.73 Å². The summed E-state index contributed by atoms with van der Waals surface area (Å²) >= 11 is 0. The molecule has 1 nitrogen and oxygen atoms in total. The highest BCUT2D eigenvalue weighted by Gasteiger charge is 2.36. The number of rotatable bonds is 1. The Hall–Kier alpha value is -0.670. The summed E-state index contributed by atoms with van der Waals surface area (Å²) in [6.45, 7) is 0. The van der Waals surface area contributed by atoms with Gasteiger partial charge in [0.05, 0.1) is 0 Å². The van der Waals surface area contributed by atoms with Crippen LogP contribution in [0.25, 0.3) is 0 Å². The molecule has 0 amide bonds. The van der Waals surface area contributed by atoms with Gasteiger partial charge in [-0.3, -0.25) is 0 Å². The van der Waals surface area contributed by atoms with Gasteiger partial charge >= 0.3 is 0 Å². The fourth-order valence-electron chi connectivity index (χ4n) is 1.71. The maximum absolute atomic E-state index is 13.2. The monoisotopic (exact) mass is 219 g/mol. The van der Waals surface area contributed by atoms with E-state index in [1.165, 1.54) is 6.07 Å². The molecule has 2 rings (SSSR count). The van der Waals surface area contributed by atoms with Crippen molar-refractivity contribution >= 4 is 12.4 Å². The van der Waals surface area contributed by atoms with E-state index < -0.39 is 17.2 Å². The summed E-state index contributed by atoms with van der Waals surface area (Å²) in [6.07, 6.45) is 2.48. The minimum Gasteiger partial charge on any atom is -0.321 e. The number of halogens is 3. The van der Waals surface area contributed by atoms with Crippen LogP contribution in [-0.4, -0.2) is 0 Å². The van der Waals surface area contributed by atoms with Gasteiger partial charge in [0.25, 0.3) is 0 Å². The third-order valence-corrected chi connectivity index (χ3v) is 2.71. The fraction of sp³-hybridized carbons (Fsp3) is 0.400. The van der Waals surface area contributed by atoms with Gasteiger partial charge in [-0.25, -0.2) is 8.78 Å². The van der Waals surface area contributed by atoms with Gasteiger partial charge in [0.15, 0.2) is 0 Å². The first-order valence-corrected chi connectivity index (χ1v) is 4.36. The molecule has 0 unspecified atom stereocenters. The van der Waals surface area contributed by atoms with Crippen LogP contribution in [0, 0.1) is 11.6 Å². The molecule has 78 valence electrons. The van der Waals surface area contributed by atoms with Crippen LogP contribution in [-0.2, 0) is 5.54 Å². The van der Waals surface area contributed by atoms with E-state index in [1.54, 1.807) is 0 Å². The van der Waals surface area contributed by atoms with Gasteiger partial charge in [-0.05, 0) is 37.5 Å². The predicted octanol–water partition coefficient (Wildman–Crippen LogP) is 2.72. The van der Waals surface area contributed by atoms with Crippen LogP contribution in [0.1, 0.15) is 24.8 Å². The summed E-state index contributed by atoms with van der Waals surface area (Å²) in [5.41, 5.74) is 5.59. The second-order valence-electron chi connectivity index (χ2n) is 3.63. The summed E-state index contributed by atoms with van der Waals surface area (Å²) in [6, 6.07) is 3.45. The van der Waals surface area contributed by atoms with Crippen LogP contribution in [0.5, 0.6) is 0 Å². The normalized spacial score (nSPS) is 18.2. The first kappa shape index (κ1) is 11.4. The highest BCUT2D eigenvalue weighted by molar-refractivity contribution is 5.85. The third-order valence-electron chi connectivity index (χ3n) is 2.71. The molecule has 4 heteroatoms. The molecule has 1 aromatic carbocycles. The highest BCUT2D eigenvalue weighted by Crippen LogP contribution is 2.39. The maximum atomic E-state index is 13.2. The van der Waals surface area contributed by atoms with E-state index in [0.717, 1.165) is 31.4 Å². The summed E-state index contributed by atoms with van der Waals surface area (Å²) in [7, 11) is 0. The zero-order valence-electron chi connectivity index (χ0n) is 7.59. The minimum atomic E-state index is -0.619. The largest absolute Gasteiger partial charge is 0.321 e. The van der Waals surface area contributed by atoms with Gasteiger partial charge in [0, 0.05) is 11.1 Å². The van der Waals surface area contributed by atoms with Crippen LogP contribution in [0.15, 0.2) is 18.2 Å². The van der Waals surface area contributed by atoms with Crippen molar-refractivity contribution in [3.05, 3.63) is 35.4 Å². The average Bonchev–Trinajstić information content (AvgIpc) is 2.05. The second-order valence-corrected chi connectivity index (χ2v) is 3.63. The molecule has 14 heavy (non-hydrogen) atoms. The van der Waals surface area contributed by atoms with Gasteiger partial charge in [0.2, 0.25) is 0 Å². The molecule has 0 heterocycles. The molecule has 0 spiro atoms. The van der Waals surface area contributed by atoms with Crippen molar-refractivity contribution in [3.8, 4) is 0 Å². The third kappa shape index (κ3) is 1.74. The lowest BCUT2D eigenvalue weighted by molar-refractivity contribution is 0.244. The van der Waals surface area contributed by atoms with Crippen LogP contribution >= 0.6 is 12.4 Å². The van der Waals surface area contributed by atoms with Crippen molar-refractivity contribution in [3.63, 3.8) is 0 Å². The Morgan fingerprint density at radius 2 is 1.86 bits per heavy atom. The highest BCUT2D eigenvalue weighted by atomic mass is 35.5. The molecule has 2 N–H and O–H groups in total. The second kappa shape index (κ2) is 3.83. The van der Waals surface area contributed by atoms with Gasteiger partial charge in [-0.2, -0.15) is 0 Å². The van der Waals surface area contributed by atoms with Gasteiger partial charge in [-0.15, -0.1) is 12.4 Å². The molecule has 0 aromatic heterocycles. The number of nitrogens with two attached hydrogens (primary N) is 1. The molecule has 1 aromatic rings. The molecular weight excluding hydrogens is 208 g/mol. The van der Waals surface area contributed by atoms with Crippen molar-refractivity contribution in [1.82, 2.24) is 0 Å². The standard InChI is InChI=1S/C10H11F2N.ClH/c11-7-2-3-9(12)8(6-7)10(13)4-1-5-10;/h2-3,6H,1,4-5,13H2;1H. The summed E-state index contributed by atoms with van der Waals surface area (Å²) < 4.78 is 26.1. The molecule has 1 fully saturated rings. The lowest BCUT2D eigenvalue weighted by atomic mass is 9.72. The Labute approximate surface area is 87.7 Å². The molecule has 1 aliphatic carbocycles. The SMILES string of the molecule is Cl.NC1(c2cc(F)ccc2F)CCC1. The van der Waals surface area contributed by atoms with Crippen molar-refractivity contribution in [1.29, 1.82) is 0 Å². The number of benzene rings is 1. The molecule has 1 saturated carbocycles. The van der Waals surface area contributed by atoms with Crippen molar-refractivity contribution in [2.45, 2.75) is 24.8 Å². The smallest absolute Gasteiger partial charge is 0.128 e. The Morgan fingerprint density at radius 1 is 1.21 bits per heavy atom. The van der Waals surface area contributed by atoms with Crippen LogP contribution in [0.3, 0.4) is 0 Å². The first-order valence-electron chi connectivity index (χ1n) is 4.36.